The third kappa shape index (κ3) is 3.71. The van der Waals surface area contributed by atoms with Gasteiger partial charge in [-0.15, -0.1) is 4.91 Å². The van der Waals surface area contributed by atoms with Gasteiger partial charge in [-0.1, -0.05) is 18.2 Å². The van der Waals surface area contributed by atoms with Gasteiger partial charge in [0.05, 0.1) is 5.75 Å². The third-order valence-electron chi connectivity index (χ3n) is 1.31. The molecular weight excluding hydrogens is 188 g/mol. The number of carbonyl (C=O) groups is 1. The van der Waals surface area contributed by atoms with Gasteiger partial charge in [0.2, 0.25) is 5.91 Å². The van der Waals surface area contributed by atoms with Gasteiger partial charge in [0, 0.05) is 22.2 Å². The summed E-state index contributed by atoms with van der Waals surface area (Å²) in [7, 11) is 0. The van der Waals surface area contributed by atoms with Crippen LogP contribution in [0.25, 0.3) is 0 Å². The van der Waals surface area contributed by atoms with Crippen LogP contribution in [0.15, 0.2) is 34.9 Å². The molecule has 0 unspecified atom stereocenters. The van der Waals surface area contributed by atoms with Crippen molar-refractivity contribution in [3.05, 3.63) is 35.2 Å². The molecular formula is C8H8N2O2S. The Labute approximate surface area is 79.8 Å². The number of para-hydroxylation sites is 1. The van der Waals surface area contributed by atoms with Crippen molar-refractivity contribution in [2.45, 2.75) is 0 Å². The Hall–Kier alpha value is -1.36. The molecule has 4 nitrogen and oxygen atoms in total. The van der Waals surface area contributed by atoms with Crippen LogP contribution in [0.2, 0.25) is 0 Å². The quantitative estimate of drug-likeness (QED) is 0.592. The van der Waals surface area contributed by atoms with E-state index in [1.165, 1.54) is 0 Å². The van der Waals surface area contributed by atoms with Gasteiger partial charge >= 0.3 is 0 Å². The average Bonchev–Trinajstić information content (AvgIpc) is 2.16. The molecule has 13 heavy (non-hydrogen) atoms. The van der Waals surface area contributed by atoms with E-state index in [-0.39, 0.29) is 11.7 Å². The molecule has 1 aromatic rings. The smallest absolute Gasteiger partial charge is 0.236 e. The minimum atomic E-state index is -0.226. The first-order chi connectivity index (χ1) is 6.33. The molecule has 0 aromatic heterocycles. The van der Waals surface area contributed by atoms with Crippen LogP contribution in [-0.2, 0) is 4.79 Å². The van der Waals surface area contributed by atoms with E-state index in [9.17, 15) is 9.70 Å². The lowest BCUT2D eigenvalue weighted by Crippen LogP contribution is -2.13. The summed E-state index contributed by atoms with van der Waals surface area (Å²) < 4.78 is 2.52. The van der Waals surface area contributed by atoms with Crippen molar-refractivity contribution in [2.24, 2.45) is 4.58 Å². The van der Waals surface area contributed by atoms with Gasteiger partial charge in [-0.25, -0.2) is 0 Å². The Morgan fingerprint density at radius 3 is 2.69 bits per heavy atom. The summed E-state index contributed by atoms with van der Waals surface area (Å²) >= 11 is 0.693. The summed E-state index contributed by atoms with van der Waals surface area (Å²) in [4.78, 5) is 20.7. The van der Waals surface area contributed by atoms with E-state index in [0.717, 1.165) is 5.69 Å². The van der Waals surface area contributed by atoms with Crippen molar-refractivity contribution in [3.63, 3.8) is 0 Å². The van der Waals surface area contributed by atoms with E-state index in [4.69, 9.17) is 0 Å². The van der Waals surface area contributed by atoms with Crippen LogP contribution in [0.4, 0.5) is 5.69 Å². The lowest BCUT2D eigenvalue weighted by Gasteiger charge is -2.01. The van der Waals surface area contributed by atoms with Gasteiger partial charge in [-0.2, -0.15) is 0 Å². The van der Waals surface area contributed by atoms with Gasteiger partial charge in [0.25, 0.3) is 0 Å². The fraction of sp³-hybridized carbons (Fsp3) is 0.125. The fourth-order valence-electron chi connectivity index (χ4n) is 0.804. The SMILES string of the molecule is O=NSCC(=O)Nc1ccccc1. The normalized spacial score (nSPS) is 9.23. The first kappa shape index (κ1) is 9.73. The van der Waals surface area contributed by atoms with Crippen molar-refractivity contribution < 1.29 is 4.79 Å². The van der Waals surface area contributed by atoms with Gasteiger partial charge < -0.3 is 5.32 Å². The van der Waals surface area contributed by atoms with Crippen molar-refractivity contribution in [1.29, 1.82) is 0 Å². The summed E-state index contributed by atoms with van der Waals surface area (Å²) in [6.07, 6.45) is 0. The van der Waals surface area contributed by atoms with E-state index in [1.807, 2.05) is 18.2 Å². The highest BCUT2D eigenvalue weighted by atomic mass is 32.2. The summed E-state index contributed by atoms with van der Waals surface area (Å²) in [5.74, 6) is -0.172. The number of hydrogen-bond acceptors (Lipinski definition) is 4. The number of benzene rings is 1. The lowest BCUT2D eigenvalue weighted by atomic mass is 10.3. The van der Waals surface area contributed by atoms with E-state index in [2.05, 4.69) is 9.90 Å². The maximum Gasteiger partial charge on any atom is 0.236 e. The van der Waals surface area contributed by atoms with Gasteiger partial charge in [0.15, 0.2) is 0 Å². The molecule has 0 aliphatic carbocycles. The topological polar surface area (TPSA) is 58.5 Å². The molecule has 0 spiro atoms. The molecule has 1 amide bonds. The predicted molar refractivity (Wildman–Crippen MR) is 53.3 cm³/mol. The Balaban J connectivity index is 2.41. The highest BCUT2D eigenvalue weighted by Crippen LogP contribution is 2.06. The average molecular weight is 196 g/mol. The second-order valence-corrected chi connectivity index (χ2v) is 2.96. The monoisotopic (exact) mass is 196 g/mol. The van der Waals surface area contributed by atoms with Crippen LogP contribution in [0.3, 0.4) is 0 Å². The Morgan fingerprint density at radius 2 is 2.08 bits per heavy atom. The molecule has 68 valence electrons. The van der Waals surface area contributed by atoms with Crippen LogP contribution >= 0.6 is 11.9 Å². The number of hydrogen-bond donors (Lipinski definition) is 1. The van der Waals surface area contributed by atoms with E-state index in [0.29, 0.717) is 11.9 Å². The van der Waals surface area contributed by atoms with Gasteiger partial charge in [-0.3, -0.25) is 4.79 Å². The summed E-state index contributed by atoms with van der Waals surface area (Å²) in [6.45, 7) is 0. The van der Waals surface area contributed by atoms with Crippen molar-refractivity contribution in [1.82, 2.24) is 0 Å². The number of anilines is 1. The molecule has 0 heterocycles. The molecule has 1 rings (SSSR count). The fourth-order valence-corrected chi connectivity index (χ4v) is 1.05. The molecule has 1 aromatic carbocycles. The van der Waals surface area contributed by atoms with E-state index >= 15 is 0 Å². The summed E-state index contributed by atoms with van der Waals surface area (Å²) in [5.41, 5.74) is 0.721. The number of carbonyl (C=O) groups excluding carboxylic acids is 1. The lowest BCUT2D eigenvalue weighted by molar-refractivity contribution is -0.113. The Morgan fingerprint density at radius 1 is 1.38 bits per heavy atom. The molecule has 0 bridgehead atoms. The molecule has 0 aliphatic rings. The minimum Gasteiger partial charge on any atom is -0.325 e. The molecule has 0 atom stereocenters. The van der Waals surface area contributed by atoms with Crippen LogP contribution in [0, 0.1) is 4.91 Å². The first-order valence-electron chi connectivity index (χ1n) is 3.62. The largest absolute Gasteiger partial charge is 0.325 e. The van der Waals surface area contributed by atoms with Crippen LogP contribution in [0.5, 0.6) is 0 Å². The first-order valence-corrected chi connectivity index (χ1v) is 4.56. The number of nitrogens with zero attached hydrogens (tertiary/aromatic N) is 1. The number of amides is 1. The second-order valence-electron chi connectivity index (χ2n) is 2.26. The Kier molecular flexibility index (Phi) is 3.98. The van der Waals surface area contributed by atoms with Crippen LogP contribution in [-0.4, -0.2) is 11.7 Å². The molecule has 0 saturated heterocycles. The zero-order valence-corrected chi connectivity index (χ0v) is 7.58. The highest BCUT2D eigenvalue weighted by molar-refractivity contribution is 7.98. The van der Waals surface area contributed by atoms with Crippen molar-refractivity contribution in [2.75, 3.05) is 11.1 Å². The van der Waals surface area contributed by atoms with Crippen LogP contribution < -0.4 is 5.32 Å². The number of nitrogens with one attached hydrogen (secondary N) is 1. The third-order valence-corrected chi connectivity index (χ3v) is 1.80. The number of rotatable bonds is 4. The summed E-state index contributed by atoms with van der Waals surface area (Å²) in [5, 5.41) is 2.62. The molecule has 0 saturated carbocycles. The van der Waals surface area contributed by atoms with Gasteiger partial charge in [0.1, 0.15) is 0 Å². The Bertz CT molecular complexity index is 289. The number of nitroso groups, excluding NO2 is 1. The van der Waals surface area contributed by atoms with Crippen molar-refractivity contribution in [3.8, 4) is 0 Å². The molecule has 1 N–H and O–H groups in total. The molecule has 5 heteroatoms. The maximum atomic E-state index is 11.0. The van der Waals surface area contributed by atoms with Crippen molar-refractivity contribution >= 4 is 23.5 Å². The standard InChI is InChI=1S/C8H8N2O2S/c11-8(6-13-10-12)9-7-4-2-1-3-5-7/h1-5H,6H2,(H,9,11). The molecule has 0 radical (unpaired) electrons. The molecule has 0 fully saturated rings. The predicted octanol–water partition coefficient (Wildman–Crippen LogP) is 2.04. The minimum absolute atomic E-state index is 0.0540. The van der Waals surface area contributed by atoms with Crippen LogP contribution in [0.1, 0.15) is 0 Å². The second kappa shape index (κ2) is 5.31. The van der Waals surface area contributed by atoms with Gasteiger partial charge in [-0.05, 0) is 12.1 Å². The summed E-state index contributed by atoms with van der Waals surface area (Å²) in [6, 6.07) is 9.05. The van der Waals surface area contributed by atoms with E-state index < -0.39 is 0 Å². The zero-order valence-electron chi connectivity index (χ0n) is 6.77. The van der Waals surface area contributed by atoms with E-state index in [1.54, 1.807) is 12.1 Å². The molecule has 0 aliphatic heterocycles. The zero-order chi connectivity index (χ0) is 9.52. The maximum absolute atomic E-state index is 11.0. The highest BCUT2D eigenvalue weighted by Gasteiger charge is 2.01.